The van der Waals surface area contributed by atoms with Gasteiger partial charge in [0.1, 0.15) is 11.3 Å². The van der Waals surface area contributed by atoms with Crippen LogP contribution < -0.4 is 10.9 Å². The number of aryl methyl sites for hydroxylation is 1. The first-order chi connectivity index (χ1) is 10.7. The quantitative estimate of drug-likeness (QED) is 0.795. The van der Waals surface area contributed by atoms with Crippen LogP contribution >= 0.6 is 0 Å². The molecule has 0 aromatic carbocycles. The van der Waals surface area contributed by atoms with E-state index in [1.807, 2.05) is 6.07 Å². The molecule has 0 atom stereocenters. The number of carbonyl (C=O) groups is 1. The van der Waals surface area contributed by atoms with Crippen LogP contribution in [0.25, 0.3) is 0 Å². The highest BCUT2D eigenvalue weighted by atomic mass is 16.3. The monoisotopic (exact) mass is 299 g/mol. The summed E-state index contributed by atoms with van der Waals surface area (Å²) in [5, 5.41) is 12.9. The van der Waals surface area contributed by atoms with Crippen LogP contribution in [0.4, 0.5) is 0 Å². The van der Waals surface area contributed by atoms with Gasteiger partial charge in [-0.15, -0.1) is 0 Å². The summed E-state index contributed by atoms with van der Waals surface area (Å²) in [6.07, 6.45) is 6.62. The Morgan fingerprint density at radius 1 is 1.36 bits per heavy atom. The minimum atomic E-state index is -0.573. The van der Waals surface area contributed by atoms with E-state index >= 15 is 0 Å². The Balaban J connectivity index is 1.85. The number of nitrogens with one attached hydrogen (secondary N) is 2. The first-order valence-electron chi connectivity index (χ1n) is 7.31. The highest BCUT2D eigenvalue weighted by molar-refractivity contribution is 5.96. The van der Waals surface area contributed by atoms with Gasteiger partial charge in [0.25, 0.3) is 11.5 Å². The highest BCUT2D eigenvalue weighted by Gasteiger charge is 2.23. The van der Waals surface area contributed by atoms with E-state index in [2.05, 4.69) is 15.3 Å². The lowest BCUT2D eigenvalue weighted by atomic mass is 9.93. The predicted molar refractivity (Wildman–Crippen MR) is 80.8 cm³/mol. The molecule has 2 aromatic rings. The second kappa shape index (κ2) is 6.01. The molecule has 0 aliphatic heterocycles. The number of nitrogens with zero attached hydrogens (tertiary/aromatic N) is 1. The van der Waals surface area contributed by atoms with Crippen molar-refractivity contribution in [2.24, 2.45) is 0 Å². The maximum atomic E-state index is 12.2. The summed E-state index contributed by atoms with van der Waals surface area (Å²) in [5.74, 6) is -0.752. The topological polar surface area (TPSA) is 95.1 Å². The third kappa shape index (κ3) is 2.72. The van der Waals surface area contributed by atoms with Gasteiger partial charge in [0.2, 0.25) is 0 Å². The molecule has 2 aromatic heterocycles. The molecule has 22 heavy (non-hydrogen) atoms. The Hall–Kier alpha value is -2.63. The number of fused-ring (bicyclic) bond motifs is 1. The first-order valence-corrected chi connectivity index (χ1v) is 7.31. The van der Waals surface area contributed by atoms with Crippen LogP contribution in [0.3, 0.4) is 0 Å². The van der Waals surface area contributed by atoms with Crippen LogP contribution in [0.5, 0.6) is 5.75 Å². The fourth-order valence-electron chi connectivity index (χ4n) is 2.75. The molecule has 1 aliphatic rings. The molecule has 0 radical (unpaired) electrons. The summed E-state index contributed by atoms with van der Waals surface area (Å²) >= 11 is 0. The van der Waals surface area contributed by atoms with Crippen LogP contribution in [0, 0.1) is 0 Å². The van der Waals surface area contributed by atoms with Crippen molar-refractivity contribution in [3.05, 3.63) is 57.3 Å². The zero-order valence-corrected chi connectivity index (χ0v) is 12.1. The zero-order valence-electron chi connectivity index (χ0n) is 12.1. The van der Waals surface area contributed by atoms with E-state index < -0.39 is 11.5 Å². The molecular weight excluding hydrogens is 282 g/mol. The number of aromatic hydroxyl groups is 1. The molecule has 3 rings (SSSR count). The molecule has 0 unspecified atom stereocenters. The molecule has 0 bridgehead atoms. The lowest BCUT2D eigenvalue weighted by Gasteiger charge is -2.18. The van der Waals surface area contributed by atoms with Crippen LogP contribution in [-0.4, -0.2) is 21.0 Å². The van der Waals surface area contributed by atoms with E-state index in [-0.39, 0.29) is 17.9 Å². The van der Waals surface area contributed by atoms with Crippen LogP contribution in [0.15, 0.2) is 29.3 Å². The maximum absolute atomic E-state index is 12.2. The van der Waals surface area contributed by atoms with E-state index in [1.54, 1.807) is 18.5 Å². The van der Waals surface area contributed by atoms with E-state index in [0.29, 0.717) is 12.0 Å². The van der Waals surface area contributed by atoms with E-state index in [9.17, 15) is 14.7 Å². The van der Waals surface area contributed by atoms with Gasteiger partial charge in [0.15, 0.2) is 0 Å². The molecule has 6 heteroatoms. The van der Waals surface area contributed by atoms with Crippen molar-refractivity contribution in [1.82, 2.24) is 15.3 Å². The van der Waals surface area contributed by atoms with Gasteiger partial charge in [0, 0.05) is 30.2 Å². The SMILES string of the molecule is O=C(NCc1cccnc1)c1c(O)c2c([nH]c1=O)CCCC2. The Morgan fingerprint density at radius 2 is 2.18 bits per heavy atom. The second-order valence-electron chi connectivity index (χ2n) is 5.39. The normalized spacial score (nSPS) is 13.5. The maximum Gasteiger partial charge on any atom is 0.264 e. The van der Waals surface area contributed by atoms with Gasteiger partial charge in [-0.2, -0.15) is 0 Å². The fourth-order valence-corrected chi connectivity index (χ4v) is 2.75. The molecule has 114 valence electrons. The number of H-pyrrole nitrogens is 1. The summed E-state index contributed by atoms with van der Waals surface area (Å²) in [6.45, 7) is 0.253. The number of aromatic amines is 1. The van der Waals surface area contributed by atoms with Crippen molar-refractivity contribution in [2.75, 3.05) is 0 Å². The minimum Gasteiger partial charge on any atom is -0.507 e. The number of pyridine rings is 2. The van der Waals surface area contributed by atoms with E-state index in [4.69, 9.17) is 0 Å². The van der Waals surface area contributed by atoms with Gasteiger partial charge in [-0.1, -0.05) is 6.07 Å². The van der Waals surface area contributed by atoms with Crippen molar-refractivity contribution in [1.29, 1.82) is 0 Å². The third-order valence-electron chi connectivity index (χ3n) is 3.88. The number of hydrogen-bond acceptors (Lipinski definition) is 4. The summed E-state index contributed by atoms with van der Waals surface area (Å²) < 4.78 is 0. The Kier molecular flexibility index (Phi) is 3.91. The van der Waals surface area contributed by atoms with E-state index in [0.717, 1.165) is 30.5 Å². The van der Waals surface area contributed by atoms with Gasteiger partial charge in [0.05, 0.1) is 0 Å². The Morgan fingerprint density at radius 3 is 2.95 bits per heavy atom. The van der Waals surface area contributed by atoms with Gasteiger partial charge in [-0.25, -0.2) is 0 Å². The number of carbonyl (C=O) groups excluding carboxylic acids is 1. The second-order valence-corrected chi connectivity index (χ2v) is 5.39. The molecule has 0 saturated carbocycles. The predicted octanol–water partition coefficient (Wildman–Crippen LogP) is 1.28. The molecule has 2 heterocycles. The Bertz CT molecular complexity index is 753. The van der Waals surface area contributed by atoms with Gasteiger partial charge < -0.3 is 15.4 Å². The number of hydrogen-bond donors (Lipinski definition) is 3. The standard InChI is InChI=1S/C16H17N3O3/c20-14-11-5-1-2-6-12(11)19-16(22)13(14)15(21)18-9-10-4-3-7-17-8-10/h3-4,7-8H,1-2,5-6,9H2,(H,18,21)(H2,19,20,22). The summed E-state index contributed by atoms with van der Waals surface area (Å²) in [7, 11) is 0. The average Bonchev–Trinajstić information content (AvgIpc) is 2.54. The molecule has 3 N–H and O–H groups in total. The van der Waals surface area contributed by atoms with Crippen molar-refractivity contribution in [3.8, 4) is 5.75 Å². The summed E-state index contributed by atoms with van der Waals surface area (Å²) in [4.78, 5) is 31.0. The van der Waals surface area contributed by atoms with Crippen molar-refractivity contribution in [2.45, 2.75) is 32.2 Å². The molecule has 0 spiro atoms. The molecule has 0 fully saturated rings. The highest BCUT2D eigenvalue weighted by Crippen LogP contribution is 2.28. The van der Waals surface area contributed by atoms with Crippen molar-refractivity contribution < 1.29 is 9.90 Å². The number of amides is 1. The molecule has 1 amide bonds. The van der Waals surface area contributed by atoms with Gasteiger partial charge in [-0.3, -0.25) is 14.6 Å². The van der Waals surface area contributed by atoms with Crippen LogP contribution in [0.1, 0.15) is 40.0 Å². The molecular formula is C16H17N3O3. The Labute approximate surface area is 127 Å². The third-order valence-corrected chi connectivity index (χ3v) is 3.88. The summed E-state index contributed by atoms with van der Waals surface area (Å²) in [6, 6.07) is 3.59. The number of rotatable bonds is 3. The van der Waals surface area contributed by atoms with Crippen LogP contribution in [0.2, 0.25) is 0 Å². The zero-order chi connectivity index (χ0) is 15.5. The largest absolute Gasteiger partial charge is 0.507 e. The van der Waals surface area contributed by atoms with Crippen molar-refractivity contribution in [3.63, 3.8) is 0 Å². The molecule has 1 aliphatic carbocycles. The fraction of sp³-hybridized carbons (Fsp3) is 0.312. The lowest BCUT2D eigenvalue weighted by Crippen LogP contribution is -2.31. The first kappa shape index (κ1) is 14.3. The molecule has 0 saturated heterocycles. The average molecular weight is 299 g/mol. The molecule has 6 nitrogen and oxygen atoms in total. The summed E-state index contributed by atoms with van der Waals surface area (Å²) in [5.41, 5.74) is 1.52. The number of aromatic nitrogens is 2. The van der Waals surface area contributed by atoms with Crippen LogP contribution in [-0.2, 0) is 19.4 Å². The van der Waals surface area contributed by atoms with Gasteiger partial charge in [-0.05, 0) is 37.3 Å². The van der Waals surface area contributed by atoms with E-state index in [1.165, 1.54) is 0 Å². The smallest absolute Gasteiger partial charge is 0.264 e. The van der Waals surface area contributed by atoms with Crippen molar-refractivity contribution >= 4 is 5.91 Å². The van der Waals surface area contributed by atoms with Gasteiger partial charge >= 0.3 is 0 Å². The lowest BCUT2D eigenvalue weighted by molar-refractivity contribution is 0.0946. The minimum absolute atomic E-state index is 0.179.